The highest BCUT2D eigenvalue weighted by Gasteiger charge is 2.35. The van der Waals surface area contributed by atoms with Gasteiger partial charge in [-0.15, -0.1) is 0 Å². The average molecular weight is 552 g/mol. The second-order valence-corrected chi connectivity index (χ2v) is 13.9. The number of methoxy groups -OCH3 is 1. The third-order valence-electron chi connectivity index (χ3n) is 7.28. The van der Waals surface area contributed by atoms with Crippen LogP contribution in [0.2, 0.25) is 0 Å². The number of nitrogens with zero attached hydrogens (tertiary/aromatic N) is 3. The van der Waals surface area contributed by atoms with E-state index in [1.807, 2.05) is 0 Å². The van der Waals surface area contributed by atoms with E-state index in [4.69, 9.17) is 9.47 Å². The monoisotopic (exact) mass is 551 g/mol. The fourth-order valence-corrected chi connectivity index (χ4v) is 8.84. The molecular weight excluding hydrogens is 514 g/mol. The minimum Gasteiger partial charge on any atom is -0.497 e. The Morgan fingerprint density at radius 1 is 0.919 bits per heavy atom. The van der Waals surface area contributed by atoms with Crippen LogP contribution in [0.4, 0.5) is 0 Å². The van der Waals surface area contributed by atoms with Gasteiger partial charge in [-0.05, 0) is 87.3 Å². The second kappa shape index (κ2) is 11.7. The van der Waals surface area contributed by atoms with Crippen molar-refractivity contribution in [2.75, 3.05) is 39.0 Å². The SMILES string of the molecule is COc1cc(C)c(S(=O)(=O)N2CC[C@H](CCCS(=O)(=O)N3CCC(Oc4ccncc4)CC3)C2)c(C)c1. The van der Waals surface area contributed by atoms with Gasteiger partial charge in [0, 0.05) is 38.6 Å². The van der Waals surface area contributed by atoms with Gasteiger partial charge in [-0.2, -0.15) is 4.31 Å². The lowest BCUT2D eigenvalue weighted by Gasteiger charge is -2.31. The third kappa shape index (κ3) is 6.63. The molecule has 9 nitrogen and oxygen atoms in total. The lowest BCUT2D eigenvalue weighted by Crippen LogP contribution is -2.42. The first-order chi connectivity index (χ1) is 17.6. The van der Waals surface area contributed by atoms with Crippen LogP contribution in [-0.2, 0) is 20.0 Å². The summed E-state index contributed by atoms with van der Waals surface area (Å²) in [4.78, 5) is 4.32. The number of aryl methyl sites for hydroxylation is 2. The summed E-state index contributed by atoms with van der Waals surface area (Å²) in [5.41, 5.74) is 1.34. The van der Waals surface area contributed by atoms with Crippen LogP contribution in [0, 0.1) is 19.8 Å². The highest BCUT2D eigenvalue weighted by molar-refractivity contribution is 7.89. The number of piperidine rings is 1. The summed E-state index contributed by atoms with van der Waals surface area (Å²) < 4.78 is 66.9. The molecule has 3 heterocycles. The number of hydrogen-bond donors (Lipinski definition) is 0. The highest BCUT2D eigenvalue weighted by atomic mass is 32.2. The zero-order valence-corrected chi connectivity index (χ0v) is 23.4. The summed E-state index contributed by atoms with van der Waals surface area (Å²) >= 11 is 0. The maximum Gasteiger partial charge on any atom is 0.243 e. The van der Waals surface area contributed by atoms with Crippen LogP contribution in [0.15, 0.2) is 41.6 Å². The van der Waals surface area contributed by atoms with E-state index in [0.717, 1.165) is 12.2 Å². The largest absolute Gasteiger partial charge is 0.497 e. The number of sulfonamides is 2. The van der Waals surface area contributed by atoms with E-state index in [-0.39, 0.29) is 17.8 Å². The molecule has 204 valence electrons. The Bertz CT molecular complexity index is 1250. The maximum absolute atomic E-state index is 13.4. The first-order valence-electron chi connectivity index (χ1n) is 12.8. The van der Waals surface area contributed by atoms with Crippen molar-refractivity contribution >= 4 is 20.0 Å². The lowest BCUT2D eigenvalue weighted by molar-refractivity contribution is 0.135. The zero-order valence-electron chi connectivity index (χ0n) is 21.8. The van der Waals surface area contributed by atoms with Crippen LogP contribution in [0.1, 0.15) is 43.2 Å². The quantitative estimate of drug-likeness (QED) is 0.446. The number of hydrogen-bond acceptors (Lipinski definition) is 7. The Labute approximate surface area is 220 Å². The number of ether oxygens (including phenoxy) is 2. The van der Waals surface area contributed by atoms with E-state index in [1.165, 1.54) is 0 Å². The van der Waals surface area contributed by atoms with Gasteiger partial charge < -0.3 is 9.47 Å². The molecule has 0 radical (unpaired) electrons. The van der Waals surface area contributed by atoms with E-state index in [0.29, 0.717) is 73.6 Å². The molecule has 2 aliphatic heterocycles. The fourth-order valence-electron chi connectivity index (χ4n) is 5.34. The molecule has 0 saturated carbocycles. The first-order valence-corrected chi connectivity index (χ1v) is 15.8. The van der Waals surface area contributed by atoms with Gasteiger partial charge in [-0.25, -0.2) is 21.1 Å². The van der Waals surface area contributed by atoms with Gasteiger partial charge in [0.05, 0.1) is 17.8 Å². The number of pyridine rings is 1. The Morgan fingerprint density at radius 2 is 1.54 bits per heavy atom. The summed E-state index contributed by atoms with van der Waals surface area (Å²) in [5.74, 6) is 1.63. The topological polar surface area (TPSA) is 106 Å². The summed E-state index contributed by atoms with van der Waals surface area (Å²) in [6.07, 6.45) is 6.61. The summed E-state index contributed by atoms with van der Waals surface area (Å²) in [7, 11) is -5.41. The van der Waals surface area contributed by atoms with Crippen molar-refractivity contribution in [3.63, 3.8) is 0 Å². The summed E-state index contributed by atoms with van der Waals surface area (Å²) in [6, 6.07) is 7.09. The predicted octanol–water partition coefficient (Wildman–Crippen LogP) is 3.37. The van der Waals surface area contributed by atoms with Crippen molar-refractivity contribution in [1.29, 1.82) is 0 Å². The van der Waals surface area contributed by atoms with E-state index in [1.54, 1.807) is 66.2 Å². The molecule has 2 fully saturated rings. The zero-order chi connectivity index (χ0) is 26.6. The molecule has 0 spiro atoms. The van der Waals surface area contributed by atoms with Gasteiger partial charge in [0.15, 0.2) is 0 Å². The molecule has 4 rings (SSSR count). The van der Waals surface area contributed by atoms with E-state index in [9.17, 15) is 16.8 Å². The number of benzene rings is 1. The maximum atomic E-state index is 13.4. The molecule has 2 aliphatic rings. The Morgan fingerprint density at radius 3 is 2.16 bits per heavy atom. The Hall–Kier alpha value is -2.21. The van der Waals surface area contributed by atoms with Crippen molar-refractivity contribution in [3.05, 3.63) is 47.8 Å². The van der Waals surface area contributed by atoms with Gasteiger partial charge >= 0.3 is 0 Å². The van der Waals surface area contributed by atoms with Gasteiger partial charge in [0.25, 0.3) is 0 Å². The van der Waals surface area contributed by atoms with Crippen molar-refractivity contribution in [2.24, 2.45) is 5.92 Å². The predicted molar refractivity (Wildman–Crippen MR) is 142 cm³/mol. The standard InChI is InChI=1S/C26H37N3O6S2/c1-20-17-25(34-3)18-21(2)26(20)37(32,33)29-13-8-22(19-29)5-4-16-36(30,31)28-14-9-24(10-15-28)35-23-6-11-27-12-7-23/h6-7,11-12,17-18,22,24H,4-5,8-10,13-16,19H2,1-3H3/t22-/m0/s1. The van der Waals surface area contributed by atoms with Crippen molar-refractivity contribution < 1.29 is 26.3 Å². The molecule has 0 unspecified atom stereocenters. The highest BCUT2D eigenvalue weighted by Crippen LogP contribution is 2.32. The Kier molecular flexibility index (Phi) is 8.77. The van der Waals surface area contributed by atoms with E-state index in [2.05, 4.69) is 4.98 Å². The molecule has 0 amide bonds. The molecular formula is C26H37N3O6S2. The van der Waals surface area contributed by atoms with Crippen LogP contribution in [0.3, 0.4) is 0 Å². The van der Waals surface area contributed by atoms with Crippen LogP contribution < -0.4 is 9.47 Å². The van der Waals surface area contributed by atoms with Gasteiger partial charge in [0.1, 0.15) is 17.6 Å². The number of rotatable bonds is 10. The van der Waals surface area contributed by atoms with Crippen molar-refractivity contribution in [3.8, 4) is 11.5 Å². The third-order valence-corrected chi connectivity index (χ3v) is 11.4. The lowest BCUT2D eigenvalue weighted by atomic mass is 10.0. The smallest absolute Gasteiger partial charge is 0.243 e. The molecule has 11 heteroatoms. The first kappa shape index (κ1) is 27.8. The van der Waals surface area contributed by atoms with Gasteiger partial charge in [-0.3, -0.25) is 4.98 Å². The van der Waals surface area contributed by atoms with Gasteiger partial charge in [-0.1, -0.05) is 0 Å². The molecule has 1 atom stereocenters. The van der Waals surface area contributed by atoms with E-state index >= 15 is 0 Å². The second-order valence-electron chi connectivity index (χ2n) is 9.97. The van der Waals surface area contributed by atoms with Crippen molar-refractivity contribution in [1.82, 2.24) is 13.6 Å². The molecule has 0 aliphatic carbocycles. The average Bonchev–Trinajstić information content (AvgIpc) is 3.34. The molecule has 1 aromatic carbocycles. The Balaban J connectivity index is 1.25. The summed E-state index contributed by atoms with van der Waals surface area (Å²) in [6.45, 7) is 5.35. The van der Waals surface area contributed by atoms with Crippen LogP contribution >= 0.6 is 0 Å². The summed E-state index contributed by atoms with van der Waals surface area (Å²) in [5, 5.41) is 0. The van der Waals surface area contributed by atoms with Crippen LogP contribution in [0.25, 0.3) is 0 Å². The molecule has 2 saturated heterocycles. The minimum atomic E-state index is -3.62. The van der Waals surface area contributed by atoms with Gasteiger partial charge in [0.2, 0.25) is 20.0 Å². The van der Waals surface area contributed by atoms with Crippen LogP contribution in [0.5, 0.6) is 11.5 Å². The molecule has 1 aromatic heterocycles. The van der Waals surface area contributed by atoms with Crippen LogP contribution in [-0.4, -0.2) is 75.6 Å². The molecule has 37 heavy (non-hydrogen) atoms. The minimum absolute atomic E-state index is 0.00162. The molecule has 2 aromatic rings. The fraction of sp³-hybridized carbons (Fsp3) is 0.577. The normalized spacial score (nSPS) is 20.2. The molecule has 0 bridgehead atoms. The van der Waals surface area contributed by atoms with E-state index < -0.39 is 20.0 Å². The van der Waals surface area contributed by atoms with Crippen molar-refractivity contribution in [2.45, 2.75) is 57.0 Å². The molecule has 0 N–H and O–H groups in total. The number of aromatic nitrogens is 1.